The zero-order valence-corrected chi connectivity index (χ0v) is 26.4. The summed E-state index contributed by atoms with van der Waals surface area (Å²) < 4.78 is 9.83. The van der Waals surface area contributed by atoms with Gasteiger partial charge in [-0.2, -0.15) is 0 Å². The van der Waals surface area contributed by atoms with Gasteiger partial charge in [-0.3, -0.25) is 9.80 Å². The van der Waals surface area contributed by atoms with E-state index in [4.69, 9.17) is 0 Å². The van der Waals surface area contributed by atoms with Crippen LogP contribution in [0.3, 0.4) is 0 Å². The van der Waals surface area contributed by atoms with Gasteiger partial charge >= 0.3 is 0 Å². The largest absolute Gasteiger partial charge is 0.295 e. The van der Waals surface area contributed by atoms with Gasteiger partial charge in [0.25, 0.3) is 0 Å². The van der Waals surface area contributed by atoms with Crippen molar-refractivity contribution in [2.75, 3.05) is 13.1 Å². The van der Waals surface area contributed by atoms with Gasteiger partial charge in [0.2, 0.25) is 12.7 Å². The van der Waals surface area contributed by atoms with Crippen molar-refractivity contribution >= 4 is 22.1 Å². The number of rotatable bonds is 15. The Morgan fingerprint density at radius 2 is 0.900 bits per heavy atom. The second-order valence-corrected chi connectivity index (χ2v) is 12.5. The van der Waals surface area contributed by atoms with Crippen LogP contribution >= 0.6 is 0 Å². The van der Waals surface area contributed by atoms with E-state index >= 15 is 0 Å². The van der Waals surface area contributed by atoms with Gasteiger partial charge in [-0.15, -0.1) is 0 Å². The molecule has 40 heavy (non-hydrogen) atoms. The molecule has 0 saturated carbocycles. The van der Waals surface area contributed by atoms with Crippen molar-refractivity contribution in [1.29, 1.82) is 0 Å². The van der Waals surface area contributed by atoms with Crippen LogP contribution in [0, 0.1) is 0 Å². The molecule has 218 valence electrons. The molecule has 6 heteroatoms. The number of nitrogens with zero attached hydrogens (tertiary/aromatic N) is 6. The Kier molecular flexibility index (Phi) is 10.4. The van der Waals surface area contributed by atoms with Crippen LogP contribution in [0.15, 0.2) is 61.2 Å². The monoisotopic (exact) mass is 546 g/mol. The Morgan fingerprint density at radius 1 is 0.550 bits per heavy atom. The molecule has 0 N–H and O–H groups in total. The first-order chi connectivity index (χ1) is 19.2. The zero-order chi connectivity index (χ0) is 28.8. The van der Waals surface area contributed by atoms with Gasteiger partial charge in [0.1, 0.15) is 13.1 Å². The van der Waals surface area contributed by atoms with Crippen LogP contribution < -0.4 is 9.13 Å². The minimum absolute atomic E-state index is 0.557. The first kappa shape index (κ1) is 30.3. The highest BCUT2D eigenvalue weighted by molar-refractivity contribution is 5.72. The smallest absolute Gasteiger partial charge is 0.244 e. The summed E-state index contributed by atoms with van der Waals surface area (Å²) in [5.74, 6) is 0. The van der Waals surface area contributed by atoms with Crippen molar-refractivity contribution in [2.45, 2.75) is 119 Å². The number of unbranched alkanes of at least 4 members (excludes halogenated alkanes) is 1. The number of hydrogen-bond donors (Lipinski definition) is 0. The van der Waals surface area contributed by atoms with Gasteiger partial charge < -0.3 is 0 Å². The van der Waals surface area contributed by atoms with Gasteiger partial charge in [-0.05, 0) is 92.5 Å². The van der Waals surface area contributed by atoms with Crippen LogP contribution in [0.1, 0.15) is 68.2 Å². The third-order valence-electron chi connectivity index (χ3n) is 8.46. The number of benzene rings is 2. The summed E-state index contributed by atoms with van der Waals surface area (Å²) in [6.45, 7) is 24.7. The molecule has 4 rings (SSSR count). The first-order valence-electron chi connectivity index (χ1n) is 15.6. The molecule has 0 aliphatic rings. The highest BCUT2D eigenvalue weighted by atomic mass is 15.2. The fourth-order valence-electron chi connectivity index (χ4n) is 6.43. The van der Waals surface area contributed by atoms with Crippen molar-refractivity contribution in [3.63, 3.8) is 0 Å². The molecule has 2 heterocycles. The van der Waals surface area contributed by atoms with Crippen molar-refractivity contribution < 1.29 is 9.13 Å². The molecule has 0 spiro atoms. The lowest BCUT2D eigenvalue weighted by Gasteiger charge is -2.29. The predicted octanol–water partition coefficient (Wildman–Crippen LogP) is 5.89. The number of aryl methyl sites for hydroxylation is 2. The van der Waals surface area contributed by atoms with Crippen molar-refractivity contribution in [3.8, 4) is 0 Å². The lowest BCUT2D eigenvalue weighted by atomic mass is 10.2. The summed E-state index contributed by atoms with van der Waals surface area (Å²) in [6.07, 6.45) is 7.00. The van der Waals surface area contributed by atoms with Gasteiger partial charge in [-0.25, -0.2) is 18.3 Å². The van der Waals surface area contributed by atoms with E-state index in [0.717, 1.165) is 52.1 Å². The molecule has 4 aromatic rings. The summed E-state index contributed by atoms with van der Waals surface area (Å²) in [5.41, 5.74) is 5.35. The number of imidazole rings is 2. The average Bonchev–Trinajstić information content (AvgIpc) is 3.44. The average molecular weight is 547 g/mol. The fourth-order valence-corrected chi connectivity index (χ4v) is 6.43. The maximum Gasteiger partial charge on any atom is 0.244 e. The predicted molar refractivity (Wildman–Crippen MR) is 167 cm³/mol. The second kappa shape index (κ2) is 13.8. The van der Waals surface area contributed by atoms with E-state index in [2.05, 4.69) is 145 Å². The van der Waals surface area contributed by atoms with E-state index in [0.29, 0.717) is 24.2 Å². The third-order valence-corrected chi connectivity index (χ3v) is 8.46. The Balaban J connectivity index is 1.41. The van der Waals surface area contributed by atoms with E-state index in [-0.39, 0.29) is 0 Å². The maximum atomic E-state index is 2.58. The Morgan fingerprint density at radius 3 is 1.25 bits per heavy atom. The molecule has 0 saturated heterocycles. The van der Waals surface area contributed by atoms with Crippen LogP contribution in [-0.4, -0.2) is 56.2 Å². The van der Waals surface area contributed by atoms with E-state index in [9.17, 15) is 0 Å². The molecule has 0 fully saturated rings. The van der Waals surface area contributed by atoms with Crippen molar-refractivity contribution in [2.24, 2.45) is 0 Å². The van der Waals surface area contributed by atoms with Crippen LogP contribution in [0.25, 0.3) is 22.1 Å². The van der Waals surface area contributed by atoms with E-state index in [1.54, 1.807) is 0 Å². The molecular weight excluding hydrogens is 492 g/mol. The Labute approximate surface area is 242 Å². The fraction of sp³-hybridized carbons (Fsp3) is 0.588. The Bertz CT molecular complexity index is 1230. The minimum atomic E-state index is 0.557. The van der Waals surface area contributed by atoms with Crippen LogP contribution in [0.5, 0.6) is 0 Å². The van der Waals surface area contributed by atoms with E-state index in [1.807, 2.05) is 0 Å². The molecule has 0 aliphatic carbocycles. The molecule has 6 nitrogen and oxygen atoms in total. The summed E-state index contributed by atoms with van der Waals surface area (Å²) in [5, 5.41) is 0. The quantitative estimate of drug-likeness (QED) is 0.137. The maximum absolute atomic E-state index is 2.58. The van der Waals surface area contributed by atoms with Crippen LogP contribution in [0.4, 0.5) is 0 Å². The number of hydrogen-bond acceptors (Lipinski definition) is 2. The Hall–Kier alpha value is -2.70. The van der Waals surface area contributed by atoms with Crippen molar-refractivity contribution in [1.82, 2.24) is 18.9 Å². The minimum Gasteiger partial charge on any atom is -0.295 e. The molecule has 0 atom stereocenters. The van der Waals surface area contributed by atoms with Gasteiger partial charge in [-0.1, -0.05) is 24.3 Å². The summed E-state index contributed by atoms with van der Waals surface area (Å²) in [4.78, 5) is 5.16. The molecule has 0 unspecified atom stereocenters. The second-order valence-electron chi connectivity index (χ2n) is 12.5. The summed E-state index contributed by atoms with van der Waals surface area (Å²) >= 11 is 0. The van der Waals surface area contributed by atoms with Crippen molar-refractivity contribution in [3.05, 3.63) is 61.2 Å². The van der Waals surface area contributed by atoms with E-state index in [1.165, 1.54) is 22.1 Å². The number of aromatic nitrogens is 4. The topological polar surface area (TPSA) is 24.1 Å². The number of fused-ring (bicyclic) bond motifs is 2. The summed E-state index contributed by atoms with van der Waals surface area (Å²) in [6, 6.07) is 20.0. The standard InChI is InChI=1S/C34H54N6/c1-27(2)39(28(3)4)23-21-37-25-35(31-15-9-11-17-33(31)37)19-13-14-20-36-26-38(34-18-12-10-16-32(34)36)22-24-40(29(5)6)30(7)8/h9-12,15-18,25-30H,13-14,19-24H2,1-8H3/q+2. The highest BCUT2D eigenvalue weighted by Gasteiger charge is 2.20. The highest BCUT2D eigenvalue weighted by Crippen LogP contribution is 2.15. The lowest BCUT2D eigenvalue weighted by molar-refractivity contribution is -0.684. The van der Waals surface area contributed by atoms with E-state index < -0.39 is 0 Å². The third kappa shape index (κ3) is 7.13. The molecule has 2 aromatic carbocycles. The SMILES string of the molecule is CC(C)N(CCn1c[n+](CCCC[n+]2cn(CCN(C(C)C)C(C)C)c3ccccc32)c2ccccc21)C(C)C. The molecule has 2 aromatic heterocycles. The lowest BCUT2D eigenvalue weighted by Crippen LogP contribution is -2.39. The molecule has 0 radical (unpaired) electrons. The van der Waals surface area contributed by atoms with Crippen LogP contribution in [0.2, 0.25) is 0 Å². The molecule has 0 bridgehead atoms. The normalized spacial score (nSPS) is 12.7. The van der Waals surface area contributed by atoms with Gasteiger partial charge in [0.15, 0.2) is 22.1 Å². The summed E-state index contributed by atoms with van der Waals surface area (Å²) in [7, 11) is 0. The first-order valence-corrected chi connectivity index (χ1v) is 15.6. The molecule has 0 amide bonds. The van der Waals surface area contributed by atoms with Gasteiger partial charge in [0, 0.05) is 37.3 Å². The zero-order valence-electron chi connectivity index (χ0n) is 26.4. The number of para-hydroxylation sites is 4. The van der Waals surface area contributed by atoms with Gasteiger partial charge in [0.05, 0.1) is 13.1 Å². The molecular formula is C34H54N6+2. The molecule has 0 aliphatic heterocycles. The van der Waals surface area contributed by atoms with Crippen LogP contribution in [-0.2, 0) is 26.2 Å².